The van der Waals surface area contributed by atoms with E-state index in [1.165, 1.54) is 0 Å². The van der Waals surface area contributed by atoms with Gasteiger partial charge in [-0.15, -0.1) is 0 Å². The Morgan fingerprint density at radius 2 is 2.18 bits per heavy atom. The first-order valence-electron chi connectivity index (χ1n) is 7.88. The van der Waals surface area contributed by atoms with Crippen molar-refractivity contribution < 1.29 is 13.2 Å². The lowest BCUT2D eigenvalue weighted by Gasteiger charge is -2.24. The van der Waals surface area contributed by atoms with Gasteiger partial charge in [0.05, 0.1) is 7.11 Å². The molecule has 1 heterocycles. The van der Waals surface area contributed by atoms with Crippen molar-refractivity contribution in [3.63, 3.8) is 0 Å². The van der Waals surface area contributed by atoms with Crippen LogP contribution in [0.5, 0.6) is 5.75 Å². The van der Waals surface area contributed by atoms with E-state index in [1.54, 1.807) is 11.4 Å². The third kappa shape index (κ3) is 4.00. The number of nitrogens with one attached hydrogen (secondary N) is 1. The van der Waals surface area contributed by atoms with Crippen molar-refractivity contribution in [2.24, 2.45) is 0 Å². The van der Waals surface area contributed by atoms with Gasteiger partial charge in [0.2, 0.25) is 0 Å². The van der Waals surface area contributed by atoms with Gasteiger partial charge in [-0.05, 0) is 49.8 Å². The van der Waals surface area contributed by atoms with Crippen molar-refractivity contribution in [3.8, 4) is 5.75 Å². The highest BCUT2D eigenvalue weighted by Gasteiger charge is 2.33. The Hall–Kier alpha value is -1.11. The van der Waals surface area contributed by atoms with Gasteiger partial charge in [-0.1, -0.05) is 19.1 Å². The highest BCUT2D eigenvalue weighted by Crippen LogP contribution is 2.26. The fraction of sp³-hybridized carbons (Fsp3) is 0.625. The van der Waals surface area contributed by atoms with Gasteiger partial charge < -0.3 is 4.74 Å². The topological polar surface area (TPSA) is 58.6 Å². The van der Waals surface area contributed by atoms with Crippen LogP contribution in [0.4, 0.5) is 0 Å². The lowest BCUT2D eigenvalue weighted by Crippen LogP contribution is -2.44. The van der Waals surface area contributed by atoms with Crippen LogP contribution in [0.15, 0.2) is 18.2 Å². The molecule has 0 spiro atoms. The Balaban J connectivity index is 2.09. The number of benzene rings is 1. The fourth-order valence-corrected chi connectivity index (χ4v) is 4.55. The second-order valence-corrected chi connectivity index (χ2v) is 7.52. The van der Waals surface area contributed by atoms with Crippen molar-refractivity contribution in [2.75, 3.05) is 20.2 Å². The molecule has 6 heteroatoms. The third-order valence-electron chi connectivity index (χ3n) is 4.10. The molecule has 1 saturated heterocycles. The van der Waals surface area contributed by atoms with E-state index in [9.17, 15) is 8.42 Å². The first kappa shape index (κ1) is 17.2. The second kappa shape index (κ2) is 7.44. The van der Waals surface area contributed by atoms with Crippen LogP contribution < -0.4 is 9.46 Å². The molecule has 1 aromatic rings. The Bertz CT molecular complexity index is 601. The molecule has 0 aromatic heterocycles. The first-order chi connectivity index (χ1) is 10.5. The van der Waals surface area contributed by atoms with Crippen LogP contribution in [0.3, 0.4) is 0 Å². The number of hydrogen-bond acceptors (Lipinski definition) is 3. The Morgan fingerprint density at radius 1 is 1.41 bits per heavy atom. The third-order valence-corrected chi connectivity index (χ3v) is 5.76. The van der Waals surface area contributed by atoms with Crippen LogP contribution >= 0.6 is 0 Å². The molecule has 1 aromatic carbocycles. The average Bonchev–Trinajstić information content (AvgIpc) is 2.94. The van der Waals surface area contributed by atoms with Crippen LogP contribution in [0.1, 0.15) is 37.3 Å². The molecule has 22 heavy (non-hydrogen) atoms. The van der Waals surface area contributed by atoms with E-state index < -0.39 is 10.2 Å². The molecule has 1 aliphatic rings. The number of ether oxygens (including phenoxy) is 1. The predicted octanol–water partition coefficient (Wildman–Crippen LogP) is 2.25. The zero-order valence-electron chi connectivity index (χ0n) is 13.6. The Kier molecular flexibility index (Phi) is 5.83. The van der Waals surface area contributed by atoms with E-state index in [0.29, 0.717) is 13.1 Å². The summed E-state index contributed by atoms with van der Waals surface area (Å²) in [6, 6.07) is 6.10. The monoisotopic (exact) mass is 326 g/mol. The van der Waals surface area contributed by atoms with Gasteiger partial charge in [0.1, 0.15) is 5.75 Å². The molecular weight excluding hydrogens is 300 g/mol. The maximum absolute atomic E-state index is 12.4. The zero-order valence-corrected chi connectivity index (χ0v) is 14.4. The Morgan fingerprint density at radius 3 is 2.82 bits per heavy atom. The number of nitrogens with zero attached hydrogens (tertiary/aromatic N) is 1. The lowest BCUT2D eigenvalue weighted by molar-refractivity contribution is 0.378. The molecule has 1 N–H and O–H groups in total. The standard InChI is InChI=1S/C16H26N2O3S/c1-4-9-17-22(19,20)18-10-5-6-15(18)12-14-7-8-16(21-3)13(2)11-14/h7-8,11,15,17H,4-6,9-10,12H2,1-3H3. The molecule has 0 bridgehead atoms. The molecule has 5 nitrogen and oxygen atoms in total. The van der Waals surface area contributed by atoms with Crippen molar-refractivity contribution in [2.45, 2.75) is 45.6 Å². The van der Waals surface area contributed by atoms with E-state index in [0.717, 1.165) is 42.6 Å². The summed E-state index contributed by atoms with van der Waals surface area (Å²) in [5.41, 5.74) is 2.23. The predicted molar refractivity (Wildman–Crippen MR) is 88.4 cm³/mol. The number of aryl methyl sites for hydroxylation is 1. The van der Waals surface area contributed by atoms with E-state index >= 15 is 0 Å². The first-order valence-corrected chi connectivity index (χ1v) is 9.32. The largest absolute Gasteiger partial charge is 0.496 e. The molecular formula is C16H26N2O3S. The smallest absolute Gasteiger partial charge is 0.279 e. The van der Waals surface area contributed by atoms with Crippen LogP contribution in [0, 0.1) is 6.92 Å². The molecule has 1 aliphatic heterocycles. The van der Waals surface area contributed by atoms with Crippen LogP contribution in [0.2, 0.25) is 0 Å². The van der Waals surface area contributed by atoms with Gasteiger partial charge in [0, 0.05) is 19.1 Å². The summed E-state index contributed by atoms with van der Waals surface area (Å²) < 4.78 is 34.3. The van der Waals surface area contributed by atoms with Crippen LogP contribution in [-0.2, 0) is 16.6 Å². The maximum atomic E-state index is 12.4. The van der Waals surface area contributed by atoms with Crippen molar-refractivity contribution in [3.05, 3.63) is 29.3 Å². The molecule has 0 radical (unpaired) electrons. The SMILES string of the molecule is CCCNS(=O)(=O)N1CCCC1Cc1ccc(OC)c(C)c1. The molecule has 1 atom stereocenters. The number of methoxy groups -OCH3 is 1. The van der Waals surface area contributed by atoms with E-state index in [4.69, 9.17) is 4.74 Å². The molecule has 2 rings (SSSR count). The number of hydrogen-bond donors (Lipinski definition) is 1. The maximum Gasteiger partial charge on any atom is 0.279 e. The summed E-state index contributed by atoms with van der Waals surface area (Å²) in [6.45, 7) is 5.07. The quantitative estimate of drug-likeness (QED) is 0.836. The van der Waals surface area contributed by atoms with Gasteiger partial charge >= 0.3 is 0 Å². The Labute approximate surface area is 133 Å². The molecule has 1 unspecified atom stereocenters. The van der Waals surface area contributed by atoms with Crippen molar-refractivity contribution in [1.82, 2.24) is 9.03 Å². The minimum Gasteiger partial charge on any atom is -0.496 e. The van der Waals surface area contributed by atoms with Crippen LogP contribution in [0.25, 0.3) is 0 Å². The minimum atomic E-state index is -3.36. The van der Waals surface area contributed by atoms with Gasteiger partial charge in [0.25, 0.3) is 10.2 Å². The minimum absolute atomic E-state index is 0.0437. The van der Waals surface area contributed by atoms with Crippen molar-refractivity contribution in [1.29, 1.82) is 0 Å². The summed E-state index contributed by atoms with van der Waals surface area (Å²) in [4.78, 5) is 0. The molecule has 0 saturated carbocycles. The van der Waals surface area contributed by atoms with Gasteiger partial charge in [-0.2, -0.15) is 12.7 Å². The number of rotatable bonds is 7. The lowest BCUT2D eigenvalue weighted by atomic mass is 10.0. The summed E-state index contributed by atoms with van der Waals surface area (Å²) in [5.74, 6) is 0.865. The highest BCUT2D eigenvalue weighted by molar-refractivity contribution is 7.87. The summed E-state index contributed by atoms with van der Waals surface area (Å²) >= 11 is 0. The van der Waals surface area contributed by atoms with Gasteiger partial charge in [-0.3, -0.25) is 0 Å². The summed E-state index contributed by atoms with van der Waals surface area (Å²) in [7, 11) is -1.70. The van der Waals surface area contributed by atoms with Crippen molar-refractivity contribution >= 4 is 10.2 Å². The van der Waals surface area contributed by atoms with Gasteiger partial charge in [0.15, 0.2) is 0 Å². The van der Waals surface area contributed by atoms with Gasteiger partial charge in [-0.25, -0.2) is 4.72 Å². The fourth-order valence-electron chi connectivity index (χ4n) is 2.98. The molecule has 0 amide bonds. The average molecular weight is 326 g/mol. The second-order valence-electron chi connectivity index (χ2n) is 5.81. The zero-order chi connectivity index (χ0) is 16.2. The summed E-state index contributed by atoms with van der Waals surface area (Å²) in [5, 5.41) is 0. The van der Waals surface area contributed by atoms with Crippen LogP contribution in [-0.4, -0.2) is 39.0 Å². The molecule has 124 valence electrons. The summed E-state index contributed by atoms with van der Waals surface area (Å²) in [6.07, 6.45) is 3.39. The molecule has 0 aliphatic carbocycles. The van der Waals surface area contributed by atoms with E-state index in [-0.39, 0.29) is 6.04 Å². The molecule has 1 fully saturated rings. The highest BCUT2D eigenvalue weighted by atomic mass is 32.2. The normalized spacial score (nSPS) is 19.5. The van der Waals surface area contributed by atoms with E-state index in [1.807, 2.05) is 26.0 Å². The van der Waals surface area contributed by atoms with E-state index in [2.05, 4.69) is 10.8 Å².